The lowest BCUT2D eigenvalue weighted by Crippen LogP contribution is -2.45. The molecule has 0 aliphatic heterocycles. The topological polar surface area (TPSA) is 118 Å². The number of benzene rings is 1. The highest BCUT2D eigenvalue weighted by Gasteiger charge is 2.32. The first-order valence-electron chi connectivity index (χ1n) is 6.07. The van der Waals surface area contributed by atoms with Crippen LogP contribution in [0.2, 0.25) is 0 Å². The second-order valence-corrected chi connectivity index (χ2v) is 6.46. The molecule has 7 nitrogen and oxygen atoms in total. The second kappa shape index (κ2) is 6.53. The van der Waals surface area contributed by atoms with Crippen molar-refractivity contribution < 1.29 is 22.4 Å². The molecule has 116 valence electrons. The van der Waals surface area contributed by atoms with E-state index in [9.17, 15) is 22.4 Å². The molecule has 0 spiro atoms. The first-order chi connectivity index (χ1) is 9.70. The Morgan fingerprint density at radius 1 is 1.38 bits per heavy atom. The molecule has 0 saturated carbocycles. The van der Waals surface area contributed by atoms with Crippen molar-refractivity contribution in [2.45, 2.75) is 24.0 Å². The Morgan fingerprint density at radius 3 is 2.57 bits per heavy atom. The van der Waals surface area contributed by atoms with Crippen molar-refractivity contribution in [2.24, 2.45) is 0 Å². The maximum Gasteiger partial charge on any atom is 0.321 e. The van der Waals surface area contributed by atoms with Gasteiger partial charge in [0.2, 0.25) is 5.91 Å². The van der Waals surface area contributed by atoms with Gasteiger partial charge in [0.15, 0.2) is 9.84 Å². The summed E-state index contributed by atoms with van der Waals surface area (Å²) in [6.45, 7) is 3.00. The molecule has 0 radical (unpaired) electrons. The van der Waals surface area contributed by atoms with Gasteiger partial charge in [0, 0.05) is 6.54 Å². The van der Waals surface area contributed by atoms with Crippen LogP contribution in [0, 0.1) is 5.82 Å². The van der Waals surface area contributed by atoms with E-state index in [1.807, 2.05) is 5.32 Å². The summed E-state index contributed by atoms with van der Waals surface area (Å²) < 4.78 is 37.7. The van der Waals surface area contributed by atoms with Crippen LogP contribution in [0.15, 0.2) is 23.1 Å². The number of anilines is 1. The summed E-state index contributed by atoms with van der Waals surface area (Å²) in [7, 11) is -4.21. The standard InChI is InChI=1S/C12H16FN3O4S/c1-3-15-12(18)16-11(17)7(2)21(19,20)10-6-8(13)4-5-9(10)14/h4-7H,3,14H2,1-2H3,(H2,15,16,17,18). The maximum atomic E-state index is 13.2. The Balaban J connectivity index is 3.04. The number of nitrogens with one attached hydrogen (secondary N) is 2. The third-order valence-corrected chi connectivity index (χ3v) is 4.80. The zero-order valence-corrected chi connectivity index (χ0v) is 12.3. The van der Waals surface area contributed by atoms with E-state index in [1.54, 1.807) is 6.92 Å². The maximum absolute atomic E-state index is 13.2. The predicted molar refractivity (Wildman–Crippen MR) is 74.7 cm³/mol. The minimum absolute atomic E-state index is 0.172. The van der Waals surface area contributed by atoms with E-state index in [2.05, 4.69) is 5.32 Å². The van der Waals surface area contributed by atoms with Crippen molar-refractivity contribution in [3.8, 4) is 0 Å². The fourth-order valence-electron chi connectivity index (χ4n) is 1.50. The third kappa shape index (κ3) is 3.91. The van der Waals surface area contributed by atoms with Gasteiger partial charge in [0.1, 0.15) is 11.1 Å². The van der Waals surface area contributed by atoms with Crippen molar-refractivity contribution >= 4 is 27.5 Å². The summed E-state index contributed by atoms with van der Waals surface area (Å²) >= 11 is 0. The molecule has 1 unspecified atom stereocenters. The SMILES string of the molecule is CCNC(=O)NC(=O)C(C)S(=O)(=O)c1cc(F)ccc1N. The summed E-state index contributed by atoms with van der Waals surface area (Å²) in [6.07, 6.45) is 0. The highest BCUT2D eigenvalue weighted by atomic mass is 32.2. The number of sulfone groups is 1. The number of amides is 3. The van der Waals surface area contributed by atoms with Crippen LogP contribution in [0.25, 0.3) is 0 Å². The van der Waals surface area contributed by atoms with Crippen LogP contribution >= 0.6 is 0 Å². The van der Waals surface area contributed by atoms with E-state index >= 15 is 0 Å². The smallest absolute Gasteiger partial charge is 0.321 e. The molecule has 0 aliphatic rings. The number of carbonyl (C=O) groups excluding carboxylic acids is 2. The zero-order valence-electron chi connectivity index (χ0n) is 11.5. The molecule has 3 amide bonds. The van der Waals surface area contributed by atoms with E-state index in [0.717, 1.165) is 25.1 Å². The summed E-state index contributed by atoms with van der Waals surface area (Å²) in [5.74, 6) is -1.82. The van der Waals surface area contributed by atoms with Crippen molar-refractivity contribution in [1.82, 2.24) is 10.6 Å². The van der Waals surface area contributed by atoms with E-state index in [1.165, 1.54) is 0 Å². The summed E-state index contributed by atoms with van der Waals surface area (Å²) in [5.41, 5.74) is 5.33. The van der Waals surface area contributed by atoms with Crippen molar-refractivity contribution in [3.05, 3.63) is 24.0 Å². The normalized spacial score (nSPS) is 12.5. The molecule has 0 aliphatic carbocycles. The molecule has 4 N–H and O–H groups in total. The molecule has 1 aromatic carbocycles. The molecule has 21 heavy (non-hydrogen) atoms. The van der Waals surface area contributed by atoms with Gasteiger partial charge < -0.3 is 11.1 Å². The van der Waals surface area contributed by atoms with E-state index in [-0.39, 0.29) is 12.2 Å². The molecule has 0 fully saturated rings. The van der Waals surface area contributed by atoms with Gasteiger partial charge in [-0.25, -0.2) is 17.6 Å². The van der Waals surface area contributed by atoms with Gasteiger partial charge in [0.05, 0.1) is 10.6 Å². The lowest BCUT2D eigenvalue weighted by atomic mass is 10.3. The van der Waals surface area contributed by atoms with E-state index in [4.69, 9.17) is 5.73 Å². The third-order valence-electron chi connectivity index (χ3n) is 2.69. The van der Waals surface area contributed by atoms with Crippen LogP contribution in [0.5, 0.6) is 0 Å². The minimum atomic E-state index is -4.21. The number of hydrogen-bond donors (Lipinski definition) is 3. The summed E-state index contributed by atoms with van der Waals surface area (Å²) in [4.78, 5) is 22.5. The molecular weight excluding hydrogens is 301 g/mol. The lowest BCUT2D eigenvalue weighted by Gasteiger charge is -2.14. The van der Waals surface area contributed by atoms with Crippen LogP contribution in [-0.2, 0) is 14.6 Å². The lowest BCUT2D eigenvalue weighted by molar-refractivity contribution is -0.119. The fraction of sp³-hybridized carbons (Fsp3) is 0.333. The molecule has 0 heterocycles. The summed E-state index contributed by atoms with van der Waals surface area (Å²) in [6, 6.07) is 2.03. The highest BCUT2D eigenvalue weighted by molar-refractivity contribution is 7.93. The number of carbonyl (C=O) groups is 2. The van der Waals surface area contributed by atoms with Gasteiger partial charge in [-0.1, -0.05) is 0 Å². The van der Waals surface area contributed by atoms with Gasteiger partial charge in [-0.05, 0) is 32.0 Å². The molecule has 0 bridgehead atoms. The monoisotopic (exact) mass is 317 g/mol. The number of nitrogens with two attached hydrogens (primary N) is 1. The first-order valence-corrected chi connectivity index (χ1v) is 7.62. The number of nitrogen functional groups attached to an aromatic ring is 1. The fourth-order valence-corrected chi connectivity index (χ4v) is 2.90. The number of urea groups is 1. The Labute approximate surface area is 121 Å². The number of imide groups is 1. The molecular formula is C12H16FN3O4S. The predicted octanol–water partition coefficient (Wildman–Crippen LogP) is 0.416. The largest absolute Gasteiger partial charge is 0.398 e. The van der Waals surface area contributed by atoms with Crippen LogP contribution in [0.3, 0.4) is 0 Å². The highest BCUT2D eigenvalue weighted by Crippen LogP contribution is 2.23. The molecule has 1 rings (SSSR count). The minimum Gasteiger partial charge on any atom is -0.398 e. The summed E-state index contributed by atoms with van der Waals surface area (Å²) in [5, 5.41) is 2.59. The van der Waals surface area contributed by atoms with Crippen LogP contribution in [0.1, 0.15) is 13.8 Å². The Morgan fingerprint density at radius 2 is 2.00 bits per heavy atom. The average molecular weight is 317 g/mol. The Kier molecular flexibility index (Phi) is 5.25. The van der Waals surface area contributed by atoms with Gasteiger partial charge >= 0.3 is 6.03 Å². The van der Waals surface area contributed by atoms with Crippen LogP contribution < -0.4 is 16.4 Å². The number of halogens is 1. The average Bonchev–Trinajstić information content (AvgIpc) is 2.40. The second-order valence-electron chi connectivity index (χ2n) is 4.22. The molecule has 1 atom stereocenters. The van der Waals surface area contributed by atoms with Gasteiger partial charge in [-0.15, -0.1) is 0 Å². The quantitative estimate of drug-likeness (QED) is 0.695. The number of hydrogen-bond acceptors (Lipinski definition) is 5. The Hall–Kier alpha value is -2.16. The first kappa shape index (κ1) is 16.9. The molecule has 9 heteroatoms. The van der Waals surface area contributed by atoms with Crippen molar-refractivity contribution in [1.29, 1.82) is 0 Å². The Bertz CT molecular complexity index is 660. The van der Waals surface area contributed by atoms with Crippen LogP contribution in [0.4, 0.5) is 14.9 Å². The molecule has 0 aromatic heterocycles. The molecule has 1 aromatic rings. The molecule has 0 saturated heterocycles. The van der Waals surface area contributed by atoms with Gasteiger partial charge in [-0.3, -0.25) is 10.1 Å². The van der Waals surface area contributed by atoms with Crippen molar-refractivity contribution in [3.63, 3.8) is 0 Å². The number of rotatable bonds is 4. The van der Waals surface area contributed by atoms with Gasteiger partial charge in [0.25, 0.3) is 0 Å². The van der Waals surface area contributed by atoms with Crippen LogP contribution in [-0.4, -0.2) is 32.2 Å². The zero-order chi connectivity index (χ0) is 16.2. The van der Waals surface area contributed by atoms with Gasteiger partial charge in [-0.2, -0.15) is 0 Å². The van der Waals surface area contributed by atoms with Crippen molar-refractivity contribution in [2.75, 3.05) is 12.3 Å². The van der Waals surface area contributed by atoms with E-state index in [0.29, 0.717) is 0 Å². The van der Waals surface area contributed by atoms with E-state index < -0.39 is 37.7 Å².